The second-order valence-corrected chi connectivity index (χ2v) is 7.66. The third kappa shape index (κ3) is 3.12. The molecule has 0 aliphatic heterocycles. The van der Waals surface area contributed by atoms with Crippen LogP contribution in [0.25, 0.3) is 10.9 Å². The Hall–Kier alpha value is -2.60. The zero-order chi connectivity index (χ0) is 18.1. The number of amides is 1. The molecule has 26 heavy (non-hydrogen) atoms. The van der Waals surface area contributed by atoms with Gasteiger partial charge >= 0.3 is 5.97 Å². The normalized spacial score (nSPS) is 14.2. The van der Waals surface area contributed by atoms with Crippen LogP contribution in [0, 0.1) is 0 Å². The minimum Gasteiger partial charge on any atom is -0.467 e. The fourth-order valence-electron chi connectivity index (χ4n) is 3.53. The number of fused-ring (bicyclic) bond motifs is 2. The number of carbonyl (C=O) groups excluding carboxylic acids is 2. The molecule has 2 aromatic heterocycles. The number of nitrogens with one attached hydrogen (secondary N) is 2. The van der Waals surface area contributed by atoms with Gasteiger partial charge in [-0.1, -0.05) is 18.2 Å². The molecule has 0 fully saturated rings. The van der Waals surface area contributed by atoms with E-state index in [1.165, 1.54) is 28.9 Å². The first-order valence-corrected chi connectivity index (χ1v) is 9.52. The van der Waals surface area contributed by atoms with Gasteiger partial charge in [0, 0.05) is 28.4 Å². The van der Waals surface area contributed by atoms with Crippen LogP contribution in [0.15, 0.2) is 36.5 Å². The molecule has 2 N–H and O–H groups in total. The van der Waals surface area contributed by atoms with Crippen molar-refractivity contribution in [1.29, 1.82) is 0 Å². The predicted molar refractivity (Wildman–Crippen MR) is 102 cm³/mol. The highest BCUT2D eigenvalue weighted by Crippen LogP contribution is 2.30. The lowest BCUT2D eigenvalue weighted by atomic mass is 10.0. The molecule has 3 aromatic rings. The molecule has 134 valence electrons. The summed E-state index contributed by atoms with van der Waals surface area (Å²) >= 11 is 1.53. The molecule has 0 bridgehead atoms. The zero-order valence-electron chi connectivity index (χ0n) is 14.5. The molecule has 2 heterocycles. The van der Waals surface area contributed by atoms with Gasteiger partial charge in [-0.25, -0.2) is 4.79 Å². The summed E-state index contributed by atoms with van der Waals surface area (Å²) in [4.78, 5) is 30.1. The van der Waals surface area contributed by atoms with Gasteiger partial charge in [0.05, 0.1) is 12.0 Å². The van der Waals surface area contributed by atoms with Crippen molar-refractivity contribution >= 4 is 34.1 Å². The Morgan fingerprint density at radius 2 is 2.15 bits per heavy atom. The summed E-state index contributed by atoms with van der Waals surface area (Å²) in [7, 11) is 1.34. The number of rotatable bonds is 5. The zero-order valence-corrected chi connectivity index (χ0v) is 15.3. The van der Waals surface area contributed by atoms with Crippen molar-refractivity contribution in [1.82, 2.24) is 10.3 Å². The number of para-hydroxylation sites is 1. The fraction of sp³-hybridized carbons (Fsp3) is 0.300. The van der Waals surface area contributed by atoms with Gasteiger partial charge in [0.1, 0.15) is 6.04 Å². The van der Waals surface area contributed by atoms with E-state index in [4.69, 9.17) is 4.74 Å². The second-order valence-electron chi connectivity index (χ2n) is 6.53. The molecule has 1 unspecified atom stereocenters. The van der Waals surface area contributed by atoms with Gasteiger partial charge in [0.15, 0.2) is 0 Å². The van der Waals surface area contributed by atoms with Crippen LogP contribution in [0.5, 0.6) is 0 Å². The number of esters is 1. The van der Waals surface area contributed by atoms with Gasteiger partial charge in [0.25, 0.3) is 5.91 Å². The molecule has 5 nitrogen and oxygen atoms in total. The average Bonchev–Trinajstić information content (AvgIpc) is 3.35. The molecular formula is C20H20N2O3S. The highest BCUT2D eigenvalue weighted by Gasteiger charge is 2.26. The number of ether oxygens (including phenoxy) is 1. The number of hydrogen-bond acceptors (Lipinski definition) is 4. The summed E-state index contributed by atoms with van der Waals surface area (Å²) in [6.07, 6.45) is 5.51. The number of aryl methyl sites for hydroxylation is 2. The number of hydrogen-bond donors (Lipinski definition) is 2. The molecule has 1 aliphatic carbocycles. The maximum Gasteiger partial charge on any atom is 0.328 e. The number of aromatic amines is 1. The number of benzene rings is 1. The number of H-pyrrole nitrogens is 1. The first-order valence-electron chi connectivity index (χ1n) is 8.71. The summed E-state index contributed by atoms with van der Waals surface area (Å²) < 4.78 is 4.91. The molecule has 0 saturated heterocycles. The maximum atomic E-state index is 12.7. The third-order valence-electron chi connectivity index (χ3n) is 4.86. The van der Waals surface area contributed by atoms with E-state index >= 15 is 0 Å². The minimum absolute atomic E-state index is 0.209. The molecule has 1 aromatic carbocycles. The van der Waals surface area contributed by atoms with Crippen molar-refractivity contribution in [2.75, 3.05) is 7.11 Å². The highest BCUT2D eigenvalue weighted by atomic mass is 32.1. The summed E-state index contributed by atoms with van der Waals surface area (Å²) in [6.45, 7) is 0. The van der Waals surface area contributed by atoms with E-state index in [0.29, 0.717) is 11.3 Å². The van der Waals surface area contributed by atoms with Crippen molar-refractivity contribution in [3.05, 3.63) is 57.4 Å². The first kappa shape index (κ1) is 16.8. The highest BCUT2D eigenvalue weighted by molar-refractivity contribution is 7.14. The van der Waals surface area contributed by atoms with Crippen LogP contribution in [0.1, 0.15) is 32.1 Å². The van der Waals surface area contributed by atoms with Gasteiger partial charge in [-0.05, 0) is 42.5 Å². The third-order valence-corrected chi connectivity index (χ3v) is 6.10. The molecule has 1 amide bonds. The second kappa shape index (κ2) is 6.96. The SMILES string of the molecule is COC(=O)C(Cc1c[nH]c2ccccc12)NC(=O)c1cc2c(s1)CCC2. The van der Waals surface area contributed by atoms with Crippen LogP contribution in [0.3, 0.4) is 0 Å². The van der Waals surface area contributed by atoms with Crippen molar-refractivity contribution in [2.24, 2.45) is 0 Å². The van der Waals surface area contributed by atoms with Gasteiger partial charge in [-0.15, -0.1) is 11.3 Å². The van der Waals surface area contributed by atoms with E-state index in [1.807, 2.05) is 36.5 Å². The summed E-state index contributed by atoms with van der Waals surface area (Å²) in [5, 5.41) is 3.91. The molecule has 0 saturated carbocycles. The van der Waals surface area contributed by atoms with Crippen molar-refractivity contribution < 1.29 is 14.3 Å². The van der Waals surface area contributed by atoms with E-state index in [9.17, 15) is 9.59 Å². The standard InChI is InChI=1S/C20H20N2O3S/c1-25-20(24)16(9-13-11-21-15-7-3-2-6-14(13)15)22-19(23)18-10-12-5-4-8-17(12)26-18/h2-3,6-7,10-11,16,21H,4-5,8-9H2,1H3,(H,22,23). The van der Waals surface area contributed by atoms with Crippen LogP contribution in [-0.4, -0.2) is 30.0 Å². The molecular weight excluding hydrogens is 348 g/mol. The van der Waals surface area contributed by atoms with Crippen LogP contribution >= 0.6 is 11.3 Å². The smallest absolute Gasteiger partial charge is 0.328 e. The van der Waals surface area contributed by atoms with E-state index in [-0.39, 0.29) is 5.91 Å². The van der Waals surface area contributed by atoms with Crippen LogP contribution in [-0.2, 0) is 28.8 Å². The number of methoxy groups -OCH3 is 1. The largest absolute Gasteiger partial charge is 0.467 e. The molecule has 6 heteroatoms. The summed E-state index contributed by atoms with van der Waals surface area (Å²) in [5.41, 5.74) is 3.25. The van der Waals surface area contributed by atoms with E-state index in [2.05, 4.69) is 10.3 Å². The Balaban J connectivity index is 1.54. The van der Waals surface area contributed by atoms with Gasteiger partial charge < -0.3 is 15.0 Å². The predicted octanol–water partition coefficient (Wildman–Crippen LogP) is 3.23. The Labute approximate surface area is 155 Å². The van der Waals surface area contributed by atoms with Gasteiger partial charge in [-0.2, -0.15) is 0 Å². The van der Waals surface area contributed by atoms with E-state index in [0.717, 1.165) is 35.7 Å². The van der Waals surface area contributed by atoms with Crippen molar-refractivity contribution in [3.63, 3.8) is 0 Å². The maximum absolute atomic E-state index is 12.7. The molecule has 1 aliphatic rings. The van der Waals surface area contributed by atoms with Crippen LogP contribution in [0.4, 0.5) is 0 Å². The van der Waals surface area contributed by atoms with Gasteiger partial charge in [-0.3, -0.25) is 4.79 Å². The quantitative estimate of drug-likeness (QED) is 0.679. The Kier molecular flexibility index (Phi) is 4.51. The van der Waals surface area contributed by atoms with Gasteiger partial charge in [0.2, 0.25) is 0 Å². The van der Waals surface area contributed by atoms with E-state index < -0.39 is 12.0 Å². The lowest BCUT2D eigenvalue weighted by molar-refractivity contribution is -0.142. The Morgan fingerprint density at radius 3 is 2.96 bits per heavy atom. The number of carbonyl (C=O) groups is 2. The summed E-state index contributed by atoms with van der Waals surface area (Å²) in [5.74, 6) is -0.646. The minimum atomic E-state index is -0.719. The molecule has 4 rings (SSSR count). The Morgan fingerprint density at radius 1 is 1.31 bits per heavy atom. The first-order chi connectivity index (χ1) is 12.7. The molecule has 0 radical (unpaired) electrons. The monoisotopic (exact) mass is 368 g/mol. The Bertz CT molecular complexity index is 951. The molecule has 0 spiro atoms. The average molecular weight is 368 g/mol. The summed E-state index contributed by atoms with van der Waals surface area (Å²) in [6, 6.07) is 9.14. The van der Waals surface area contributed by atoms with Crippen molar-refractivity contribution in [2.45, 2.75) is 31.7 Å². The topological polar surface area (TPSA) is 71.2 Å². The number of aromatic nitrogens is 1. The lowest BCUT2D eigenvalue weighted by Gasteiger charge is -2.16. The van der Waals surface area contributed by atoms with Crippen LogP contribution < -0.4 is 5.32 Å². The van der Waals surface area contributed by atoms with Crippen LogP contribution in [0.2, 0.25) is 0 Å². The fourth-order valence-corrected chi connectivity index (χ4v) is 4.68. The number of thiophene rings is 1. The van der Waals surface area contributed by atoms with E-state index in [1.54, 1.807) is 0 Å². The lowest BCUT2D eigenvalue weighted by Crippen LogP contribution is -2.42. The van der Waals surface area contributed by atoms with Crippen molar-refractivity contribution in [3.8, 4) is 0 Å². The molecule has 1 atom stereocenters.